The summed E-state index contributed by atoms with van der Waals surface area (Å²) >= 11 is 0. The van der Waals surface area contributed by atoms with Crippen molar-refractivity contribution in [2.45, 2.75) is 13.8 Å². The quantitative estimate of drug-likeness (QED) is 0.642. The monoisotopic (exact) mass is 177 g/mol. The van der Waals surface area contributed by atoms with Crippen molar-refractivity contribution in [3.63, 3.8) is 0 Å². The van der Waals surface area contributed by atoms with Crippen LogP contribution in [0.5, 0.6) is 0 Å². The molecule has 0 aliphatic carbocycles. The SMILES string of the molecule is CC=C/C=C\C(/C=C\C=C/C)CN. The molecule has 0 bridgehead atoms. The zero-order chi connectivity index (χ0) is 9.94. The van der Waals surface area contributed by atoms with E-state index in [2.05, 4.69) is 12.2 Å². The Bertz CT molecular complexity index is 187. The summed E-state index contributed by atoms with van der Waals surface area (Å²) in [5.41, 5.74) is 5.59. The maximum atomic E-state index is 5.59. The molecular formula is C12H19N. The first kappa shape index (κ1) is 11.9. The molecule has 2 N–H and O–H groups in total. The molecule has 13 heavy (non-hydrogen) atoms. The molecule has 0 aromatic rings. The van der Waals surface area contributed by atoms with E-state index in [4.69, 9.17) is 5.73 Å². The van der Waals surface area contributed by atoms with Crippen molar-refractivity contribution in [3.8, 4) is 0 Å². The van der Waals surface area contributed by atoms with Crippen LogP contribution in [0.15, 0.2) is 48.6 Å². The van der Waals surface area contributed by atoms with Crippen LogP contribution in [0.3, 0.4) is 0 Å². The van der Waals surface area contributed by atoms with Crippen LogP contribution in [0.25, 0.3) is 0 Å². The van der Waals surface area contributed by atoms with E-state index in [0.717, 1.165) is 0 Å². The molecule has 0 radical (unpaired) electrons. The third kappa shape index (κ3) is 7.29. The van der Waals surface area contributed by atoms with Gasteiger partial charge in [0.1, 0.15) is 0 Å². The number of nitrogens with two attached hydrogens (primary N) is 1. The molecule has 0 saturated heterocycles. The van der Waals surface area contributed by atoms with Crippen LogP contribution in [0.4, 0.5) is 0 Å². The molecule has 0 aromatic heterocycles. The zero-order valence-electron chi connectivity index (χ0n) is 8.48. The fraction of sp³-hybridized carbons (Fsp3) is 0.333. The number of hydrogen-bond donors (Lipinski definition) is 1. The van der Waals surface area contributed by atoms with E-state index in [1.165, 1.54) is 0 Å². The van der Waals surface area contributed by atoms with Gasteiger partial charge in [0.05, 0.1) is 0 Å². The summed E-state index contributed by atoms with van der Waals surface area (Å²) in [6.07, 6.45) is 16.3. The van der Waals surface area contributed by atoms with E-state index in [0.29, 0.717) is 12.5 Å². The van der Waals surface area contributed by atoms with Gasteiger partial charge in [-0.15, -0.1) is 0 Å². The second-order valence-electron chi connectivity index (χ2n) is 2.72. The summed E-state index contributed by atoms with van der Waals surface area (Å²) < 4.78 is 0. The summed E-state index contributed by atoms with van der Waals surface area (Å²) in [6.45, 7) is 4.65. The largest absolute Gasteiger partial charge is 0.330 e. The van der Waals surface area contributed by atoms with Gasteiger partial charge in [-0.25, -0.2) is 0 Å². The van der Waals surface area contributed by atoms with Crippen molar-refractivity contribution in [2.75, 3.05) is 6.54 Å². The fourth-order valence-electron chi connectivity index (χ4n) is 0.857. The molecule has 0 aliphatic rings. The maximum Gasteiger partial charge on any atom is 0.00757 e. The van der Waals surface area contributed by atoms with E-state index in [1.807, 2.05) is 50.3 Å². The normalized spacial score (nSPS) is 15.6. The van der Waals surface area contributed by atoms with Crippen molar-refractivity contribution in [2.24, 2.45) is 11.7 Å². The van der Waals surface area contributed by atoms with Crippen molar-refractivity contribution < 1.29 is 0 Å². The lowest BCUT2D eigenvalue weighted by Crippen LogP contribution is -2.08. The summed E-state index contributed by atoms with van der Waals surface area (Å²) in [7, 11) is 0. The Morgan fingerprint density at radius 2 is 1.38 bits per heavy atom. The third-order valence-electron chi connectivity index (χ3n) is 1.60. The van der Waals surface area contributed by atoms with Gasteiger partial charge in [-0.2, -0.15) is 0 Å². The van der Waals surface area contributed by atoms with E-state index < -0.39 is 0 Å². The lowest BCUT2D eigenvalue weighted by atomic mass is 10.1. The standard InChI is InChI=1S/C12H19N/c1-3-5-7-9-12(11-13)10-8-6-4-2/h3-10,12H,11,13H2,1-2H3/b5-3-,6-4?,9-7-,10-8-. The minimum atomic E-state index is 0.340. The number of allylic oxidation sites excluding steroid dienone is 6. The van der Waals surface area contributed by atoms with Crippen LogP contribution in [-0.2, 0) is 0 Å². The van der Waals surface area contributed by atoms with Crippen molar-refractivity contribution in [1.29, 1.82) is 0 Å². The molecule has 0 rings (SSSR count). The second kappa shape index (κ2) is 9.01. The van der Waals surface area contributed by atoms with Crippen molar-refractivity contribution in [1.82, 2.24) is 0 Å². The Hall–Kier alpha value is -1.08. The highest BCUT2D eigenvalue weighted by atomic mass is 14.5. The molecule has 0 aromatic carbocycles. The molecule has 1 unspecified atom stereocenters. The minimum Gasteiger partial charge on any atom is -0.330 e. The lowest BCUT2D eigenvalue weighted by Gasteiger charge is -2.00. The molecule has 1 atom stereocenters. The summed E-state index contributed by atoms with van der Waals surface area (Å²) in [5, 5.41) is 0. The Balaban J connectivity index is 4.02. The molecule has 0 saturated carbocycles. The first-order chi connectivity index (χ1) is 6.35. The van der Waals surface area contributed by atoms with Gasteiger partial charge in [0.2, 0.25) is 0 Å². The molecule has 0 amide bonds. The van der Waals surface area contributed by atoms with Gasteiger partial charge in [-0.1, -0.05) is 48.6 Å². The topological polar surface area (TPSA) is 26.0 Å². The molecule has 0 spiro atoms. The predicted molar refractivity (Wildman–Crippen MR) is 60.5 cm³/mol. The average molecular weight is 177 g/mol. The van der Waals surface area contributed by atoms with Gasteiger partial charge in [0.15, 0.2) is 0 Å². The van der Waals surface area contributed by atoms with E-state index in [9.17, 15) is 0 Å². The van der Waals surface area contributed by atoms with E-state index in [-0.39, 0.29) is 0 Å². The Kier molecular flexibility index (Phi) is 8.26. The van der Waals surface area contributed by atoms with Gasteiger partial charge >= 0.3 is 0 Å². The Morgan fingerprint density at radius 3 is 1.69 bits per heavy atom. The first-order valence-corrected chi connectivity index (χ1v) is 4.64. The molecule has 0 heterocycles. The Labute approximate surface area is 81.3 Å². The van der Waals surface area contributed by atoms with Crippen LogP contribution in [0.2, 0.25) is 0 Å². The number of rotatable bonds is 5. The van der Waals surface area contributed by atoms with Crippen LogP contribution >= 0.6 is 0 Å². The van der Waals surface area contributed by atoms with E-state index in [1.54, 1.807) is 0 Å². The van der Waals surface area contributed by atoms with Gasteiger partial charge in [0, 0.05) is 12.5 Å². The zero-order valence-corrected chi connectivity index (χ0v) is 8.48. The van der Waals surface area contributed by atoms with Crippen molar-refractivity contribution >= 4 is 0 Å². The average Bonchev–Trinajstić information content (AvgIpc) is 2.16. The van der Waals surface area contributed by atoms with Gasteiger partial charge < -0.3 is 5.73 Å². The molecule has 0 fully saturated rings. The second-order valence-corrected chi connectivity index (χ2v) is 2.72. The molecule has 1 heteroatoms. The molecule has 72 valence electrons. The summed E-state index contributed by atoms with van der Waals surface area (Å²) in [5.74, 6) is 0.340. The van der Waals surface area contributed by atoms with Crippen LogP contribution in [0, 0.1) is 5.92 Å². The highest BCUT2D eigenvalue weighted by Crippen LogP contribution is 1.99. The summed E-state index contributed by atoms with van der Waals surface area (Å²) in [6, 6.07) is 0. The van der Waals surface area contributed by atoms with Crippen LogP contribution in [-0.4, -0.2) is 6.54 Å². The van der Waals surface area contributed by atoms with E-state index >= 15 is 0 Å². The number of hydrogen-bond acceptors (Lipinski definition) is 1. The third-order valence-corrected chi connectivity index (χ3v) is 1.60. The first-order valence-electron chi connectivity index (χ1n) is 4.64. The van der Waals surface area contributed by atoms with Gasteiger partial charge in [-0.05, 0) is 13.8 Å². The smallest absolute Gasteiger partial charge is 0.00757 e. The predicted octanol–water partition coefficient (Wildman–Crippen LogP) is 2.83. The fourth-order valence-corrected chi connectivity index (χ4v) is 0.857. The molecular weight excluding hydrogens is 158 g/mol. The van der Waals surface area contributed by atoms with Gasteiger partial charge in [-0.3, -0.25) is 0 Å². The minimum absolute atomic E-state index is 0.340. The van der Waals surface area contributed by atoms with Crippen LogP contribution < -0.4 is 5.73 Å². The van der Waals surface area contributed by atoms with Crippen molar-refractivity contribution in [3.05, 3.63) is 48.6 Å². The van der Waals surface area contributed by atoms with Gasteiger partial charge in [0.25, 0.3) is 0 Å². The lowest BCUT2D eigenvalue weighted by molar-refractivity contribution is 0.820. The molecule has 1 nitrogen and oxygen atoms in total. The van der Waals surface area contributed by atoms with Crippen LogP contribution in [0.1, 0.15) is 13.8 Å². The Morgan fingerprint density at radius 1 is 0.923 bits per heavy atom. The maximum absolute atomic E-state index is 5.59. The highest BCUT2D eigenvalue weighted by molar-refractivity contribution is 5.11. The highest BCUT2D eigenvalue weighted by Gasteiger charge is 1.92. The molecule has 0 aliphatic heterocycles. The summed E-state index contributed by atoms with van der Waals surface area (Å²) in [4.78, 5) is 0.